The third-order valence-electron chi connectivity index (χ3n) is 5.34. The second kappa shape index (κ2) is 8.88. The number of nitrogens with zero attached hydrogens (tertiary/aromatic N) is 5. The van der Waals surface area contributed by atoms with E-state index in [0.29, 0.717) is 32.0 Å². The van der Waals surface area contributed by atoms with Gasteiger partial charge in [0.05, 0.1) is 30.8 Å². The molecule has 0 radical (unpaired) electrons. The number of aromatic nitrogens is 3. The summed E-state index contributed by atoms with van der Waals surface area (Å²) in [7, 11) is 1.66. The van der Waals surface area contributed by atoms with E-state index >= 15 is 0 Å². The second-order valence-corrected chi connectivity index (χ2v) is 8.64. The van der Waals surface area contributed by atoms with E-state index in [4.69, 9.17) is 9.72 Å². The number of methoxy groups -OCH3 is 1. The summed E-state index contributed by atoms with van der Waals surface area (Å²) < 4.78 is 9.49. The predicted molar refractivity (Wildman–Crippen MR) is 122 cm³/mol. The van der Waals surface area contributed by atoms with E-state index in [1.54, 1.807) is 7.11 Å². The van der Waals surface area contributed by atoms with Crippen LogP contribution in [0.5, 0.6) is 5.75 Å². The van der Waals surface area contributed by atoms with Crippen molar-refractivity contribution in [3.63, 3.8) is 0 Å². The molecule has 1 aromatic carbocycles. The lowest BCUT2D eigenvalue weighted by Crippen LogP contribution is -2.69. The van der Waals surface area contributed by atoms with Gasteiger partial charge in [0.25, 0.3) is 0 Å². The maximum Gasteiger partial charge on any atom is 0.229 e. The lowest BCUT2D eigenvalue weighted by atomic mass is 9.86. The SMILES string of the molecule is COc1ccc(CNC2(CC#N)CN(c3nc(Nc4cc(C)ns4)ncc3C)C2)cc1. The third-order valence-corrected chi connectivity index (χ3v) is 6.13. The van der Waals surface area contributed by atoms with E-state index in [9.17, 15) is 5.26 Å². The first-order chi connectivity index (χ1) is 15.0. The standard InChI is InChI=1S/C22H25N7OS/c1-15-11-24-21(26-19-10-16(2)28-31-19)27-20(15)29-13-22(14-29,8-9-23)25-12-17-4-6-18(30-3)7-5-17/h4-7,10-11,25H,8,12-14H2,1-3H3,(H,24,26,27). The molecule has 0 atom stereocenters. The molecule has 0 aliphatic carbocycles. The molecule has 1 fully saturated rings. The first-order valence-electron chi connectivity index (χ1n) is 10.0. The number of rotatable bonds is 8. The smallest absolute Gasteiger partial charge is 0.229 e. The molecule has 1 saturated heterocycles. The molecular formula is C22H25N7OS. The molecule has 2 N–H and O–H groups in total. The van der Waals surface area contributed by atoms with Crippen LogP contribution in [-0.4, -0.2) is 40.1 Å². The van der Waals surface area contributed by atoms with Crippen LogP contribution >= 0.6 is 11.5 Å². The van der Waals surface area contributed by atoms with E-state index in [1.165, 1.54) is 11.5 Å². The molecule has 0 spiro atoms. The normalized spacial score (nSPS) is 14.6. The topological polar surface area (TPSA) is 99.0 Å². The monoisotopic (exact) mass is 435 g/mol. The summed E-state index contributed by atoms with van der Waals surface area (Å²) in [6, 6.07) is 12.3. The lowest BCUT2D eigenvalue weighted by Gasteiger charge is -2.50. The van der Waals surface area contributed by atoms with Crippen molar-refractivity contribution in [2.75, 3.05) is 30.4 Å². The van der Waals surface area contributed by atoms with Gasteiger partial charge in [0, 0.05) is 31.4 Å². The fraction of sp³-hybridized carbons (Fsp3) is 0.364. The predicted octanol–water partition coefficient (Wildman–Crippen LogP) is 3.56. The summed E-state index contributed by atoms with van der Waals surface area (Å²) in [5.41, 5.74) is 2.87. The molecule has 9 heteroatoms. The molecule has 160 valence electrons. The maximum absolute atomic E-state index is 9.39. The first kappa shape index (κ1) is 21.0. The number of anilines is 3. The molecular weight excluding hydrogens is 410 g/mol. The highest BCUT2D eigenvalue weighted by atomic mass is 32.1. The van der Waals surface area contributed by atoms with Gasteiger partial charge in [-0.15, -0.1) is 0 Å². The molecule has 4 rings (SSSR count). The van der Waals surface area contributed by atoms with Gasteiger partial charge < -0.3 is 20.3 Å². The van der Waals surface area contributed by atoms with E-state index in [1.807, 2.05) is 50.4 Å². The average molecular weight is 436 g/mol. The Labute approximate surface area is 186 Å². The zero-order valence-corrected chi connectivity index (χ0v) is 18.7. The first-order valence-corrected chi connectivity index (χ1v) is 10.8. The van der Waals surface area contributed by atoms with Crippen LogP contribution in [0.1, 0.15) is 23.2 Å². The Morgan fingerprint density at radius 1 is 1.26 bits per heavy atom. The number of ether oxygens (including phenoxy) is 1. The van der Waals surface area contributed by atoms with Crippen LogP contribution in [-0.2, 0) is 6.54 Å². The minimum Gasteiger partial charge on any atom is -0.497 e. The summed E-state index contributed by atoms with van der Waals surface area (Å²) in [4.78, 5) is 11.3. The van der Waals surface area contributed by atoms with Crippen molar-refractivity contribution in [2.45, 2.75) is 32.4 Å². The number of hydrogen-bond acceptors (Lipinski definition) is 9. The maximum atomic E-state index is 9.39. The zero-order valence-electron chi connectivity index (χ0n) is 17.8. The summed E-state index contributed by atoms with van der Waals surface area (Å²) in [5, 5.41) is 17.1. The van der Waals surface area contributed by atoms with Crippen LogP contribution in [0.4, 0.5) is 16.8 Å². The fourth-order valence-electron chi connectivity index (χ4n) is 3.65. The van der Waals surface area contributed by atoms with Gasteiger partial charge in [0.15, 0.2) is 0 Å². The number of hydrogen-bond donors (Lipinski definition) is 2. The van der Waals surface area contributed by atoms with Crippen molar-refractivity contribution in [2.24, 2.45) is 0 Å². The average Bonchev–Trinajstić information content (AvgIpc) is 3.16. The number of aryl methyl sites for hydroxylation is 2. The Bertz CT molecular complexity index is 1080. The van der Waals surface area contributed by atoms with E-state index in [-0.39, 0.29) is 5.54 Å². The number of benzene rings is 1. The zero-order chi connectivity index (χ0) is 21.8. The molecule has 3 heterocycles. The van der Waals surface area contributed by atoms with Gasteiger partial charge in [-0.2, -0.15) is 14.6 Å². The van der Waals surface area contributed by atoms with Gasteiger partial charge in [-0.25, -0.2) is 4.98 Å². The van der Waals surface area contributed by atoms with Crippen LogP contribution < -0.4 is 20.3 Å². The van der Waals surface area contributed by atoms with Crippen LogP contribution in [0, 0.1) is 25.2 Å². The highest BCUT2D eigenvalue weighted by Crippen LogP contribution is 2.32. The van der Waals surface area contributed by atoms with Crippen molar-refractivity contribution in [1.29, 1.82) is 5.26 Å². The number of nitriles is 1. The fourth-order valence-corrected chi connectivity index (χ4v) is 4.31. The van der Waals surface area contributed by atoms with Gasteiger partial charge in [0.1, 0.15) is 16.6 Å². The van der Waals surface area contributed by atoms with Crippen molar-refractivity contribution in [1.82, 2.24) is 19.7 Å². The highest BCUT2D eigenvalue weighted by molar-refractivity contribution is 7.10. The van der Waals surface area contributed by atoms with E-state index in [0.717, 1.165) is 33.4 Å². The summed E-state index contributed by atoms with van der Waals surface area (Å²) in [6.07, 6.45) is 2.27. The van der Waals surface area contributed by atoms with Crippen molar-refractivity contribution in [3.8, 4) is 11.8 Å². The molecule has 0 bridgehead atoms. The Morgan fingerprint density at radius 2 is 2.03 bits per heavy atom. The second-order valence-electron chi connectivity index (χ2n) is 7.83. The molecule has 0 unspecified atom stereocenters. The Hall–Kier alpha value is -3.22. The van der Waals surface area contributed by atoms with Gasteiger partial charge >= 0.3 is 0 Å². The molecule has 0 amide bonds. The largest absolute Gasteiger partial charge is 0.497 e. The van der Waals surface area contributed by atoms with Crippen LogP contribution in [0.25, 0.3) is 0 Å². The van der Waals surface area contributed by atoms with E-state index in [2.05, 4.69) is 31.0 Å². The lowest BCUT2D eigenvalue weighted by molar-refractivity contribution is 0.256. The molecule has 31 heavy (non-hydrogen) atoms. The van der Waals surface area contributed by atoms with Gasteiger partial charge in [0.2, 0.25) is 5.95 Å². The molecule has 1 aliphatic heterocycles. The van der Waals surface area contributed by atoms with Crippen molar-refractivity contribution >= 4 is 28.3 Å². The number of nitrogens with one attached hydrogen (secondary N) is 2. The molecule has 2 aromatic heterocycles. The summed E-state index contributed by atoms with van der Waals surface area (Å²) in [6.45, 7) is 6.09. The molecule has 3 aromatic rings. The van der Waals surface area contributed by atoms with Gasteiger partial charge in [-0.1, -0.05) is 12.1 Å². The van der Waals surface area contributed by atoms with Crippen LogP contribution in [0.3, 0.4) is 0 Å². The minimum absolute atomic E-state index is 0.256. The Morgan fingerprint density at radius 3 is 2.68 bits per heavy atom. The molecule has 1 aliphatic rings. The van der Waals surface area contributed by atoms with Gasteiger partial charge in [-0.05, 0) is 49.1 Å². The van der Waals surface area contributed by atoms with Crippen LogP contribution in [0.15, 0.2) is 36.5 Å². The summed E-state index contributed by atoms with van der Waals surface area (Å²) in [5.74, 6) is 2.27. The van der Waals surface area contributed by atoms with Crippen molar-refractivity contribution in [3.05, 3.63) is 53.3 Å². The molecule has 0 saturated carbocycles. The van der Waals surface area contributed by atoms with Crippen LogP contribution in [0.2, 0.25) is 0 Å². The third kappa shape index (κ3) is 4.76. The Balaban J connectivity index is 1.43. The van der Waals surface area contributed by atoms with E-state index < -0.39 is 0 Å². The highest BCUT2D eigenvalue weighted by Gasteiger charge is 2.43. The van der Waals surface area contributed by atoms with Crippen molar-refractivity contribution < 1.29 is 4.74 Å². The minimum atomic E-state index is -0.256. The molecule has 8 nitrogen and oxygen atoms in total. The Kier molecular flexibility index (Phi) is 6.02. The quantitative estimate of drug-likeness (QED) is 0.554. The summed E-state index contributed by atoms with van der Waals surface area (Å²) >= 11 is 1.39. The van der Waals surface area contributed by atoms with Gasteiger partial charge in [-0.3, -0.25) is 0 Å².